The van der Waals surface area contributed by atoms with Crippen LogP contribution in [-0.2, 0) is 0 Å². The molecule has 1 saturated carbocycles. The molecule has 2 rings (SSSR count). The minimum Gasteiger partial charge on any atom is -0.506 e. The van der Waals surface area contributed by atoms with Gasteiger partial charge >= 0.3 is 0 Å². The summed E-state index contributed by atoms with van der Waals surface area (Å²) < 4.78 is 2.27. The lowest BCUT2D eigenvalue weighted by molar-refractivity contribution is 0.465. The second-order valence-electron chi connectivity index (χ2n) is 3.78. The highest BCUT2D eigenvalue weighted by molar-refractivity contribution is 9.11. The molecule has 16 heavy (non-hydrogen) atoms. The standard InChI is InChI=1S/C10H10Br3NO.ClH/c11-5-3-6(12)10(15)8(13)7(5)9(14)4-1-2-4;/h3-4,9,15H,1-2,14H2;1H/t9-;/m0./s1. The average molecular weight is 436 g/mol. The lowest BCUT2D eigenvalue weighted by Gasteiger charge is -2.16. The van der Waals surface area contributed by atoms with Crippen LogP contribution in [0.5, 0.6) is 5.75 Å². The SMILES string of the molecule is Cl.N[C@H](c1c(Br)cc(Br)c(O)c1Br)C1CC1. The van der Waals surface area contributed by atoms with Crippen LogP contribution in [0.15, 0.2) is 19.5 Å². The molecule has 0 amide bonds. The summed E-state index contributed by atoms with van der Waals surface area (Å²) in [7, 11) is 0. The second kappa shape index (κ2) is 5.57. The number of hydrogen-bond acceptors (Lipinski definition) is 2. The molecule has 0 radical (unpaired) electrons. The van der Waals surface area contributed by atoms with Crippen molar-refractivity contribution in [2.24, 2.45) is 11.7 Å². The van der Waals surface area contributed by atoms with Crippen molar-refractivity contribution in [2.45, 2.75) is 18.9 Å². The molecule has 0 unspecified atom stereocenters. The zero-order valence-electron chi connectivity index (χ0n) is 8.21. The lowest BCUT2D eigenvalue weighted by Crippen LogP contribution is -2.13. The maximum Gasteiger partial charge on any atom is 0.144 e. The van der Waals surface area contributed by atoms with Crippen LogP contribution < -0.4 is 5.73 Å². The number of rotatable bonds is 2. The zero-order valence-corrected chi connectivity index (χ0v) is 13.8. The Morgan fingerprint density at radius 3 is 2.31 bits per heavy atom. The third kappa shape index (κ3) is 2.75. The third-order valence-corrected chi connectivity index (χ3v) is 4.71. The van der Waals surface area contributed by atoms with E-state index in [1.807, 2.05) is 6.07 Å². The molecule has 0 aliphatic heterocycles. The number of nitrogens with two attached hydrogens (primary N) is 1. The number of phenolic OH excluding ortho intramolecular Hbond substituents is 1. The summed E-state index contributed by atoms with van der Waals surface area (Å²) in [5.41, 5.74) is 7.09. The largest absolute Gasteiger partial charge is 0.506 e. The molecular weight excluding hydrogens is 425 g/mol. The Balaban J connectivity index is 0.00000128. The van der Waals surface area contributed by atoms with Crippen LogP contribution in [0.1, 0.15) is 24.4 Å². The molecule has 90 valence electrons. The fraction of sp³-hybridized carbons (Fsp3) is 0.400. The molecule has 2 nitrogen and oxygen atoms in total. The number of phenols is 1. The maximum atomic E-state index is 9.79. The summed E-state index contributed by atoms with van der Waals surface area (Å²) in [5.74, 6) is 0.766. The zero-order chi connectivity index (χ0) is 11.2. The normalized spacial score (nSPS) is 16.8. The van der Waals surface area contributed by atoms with E-state index in [2.05, 4.69) is 47.8 Å². The predicted octanol–water partition coefficient (Wildman–Crippen LogP) is 4.51. The number of hydrogen-bond donors (Lipinski definition) is 2. The molecular formula is C10H11Br3ClNO. The van der Waals surface area contributed by atoms with E-state index in [0.29, 0.717) is 14.9 Å². The number of halogens is 4. The van der Waals surface area contributed by atoms with Gasteiger partial charge in [0.1, 0.15) is 5.75 Å². The summed E-state index contributed by atoms with van der Waals surface area (Å²) in [6, 6.07) is 1.82. The molecule has 0 spiro atoms. The van der Waals surface area contributed by atoms with Crippen LogP contribution in [0.25, 0.3) is 0 Å². The van der Waals surface area contributed by atoms with Gasteiger partial charge in [0, 0.05) is 16.1 Å². The van der Waals surface area contributed by atoms with Gasteiger partial charge in [-0.3, -0.25) is 0 Å². The van der Waals surface area contributed by atoms with E-state index in [4.69, 9.17) is 5.73 Å². The van der Waals surface area contributed by atoms with E-state index in [-0.39, 0.29) is 24.2 Å². The van der Waals surface area contributed by atoms with Crippen LogP contribution in [0.2, 0.25) is 0 Å². The van der Waals surface area contributed by atoms with Crippen molar-refractivity contribution in [1.82, 2.24) is 0 Å². The summed E-state index contributed by atoms with van der Waals surface area (Å²) in [5, 5.41) is 9.79. The quantitative estimate of drug-likeness (QED) is 0.717. The summed E-state index contributed by atoms with van der Waals surface area (Å²) in [6.45, 7) is 0. The van der Waals surface area contributed by atoms with E-state index in [1.54, 1.807) is 0 Å². The van der Waals surface area contributed by atoms with E-state index in [1.165, 1.54) is 12.8 Å². The van der Waals surface area contributed by atoms with Gasteiger partial charge in [0.25, 0.3) is 0 Å². The highest BCUT2D eigenvalue weighted by Crippen LogP contribution is 2.47. The van der Waals surface area contributed by atoms with Crippen molar-refractivity contribution in [3.8, 4) is 5.75 Å². The smallest absolute Gasteiger partial charge is 0.144 e. The topological polar surface area (TPSA) is 46.2 Å². The Labute approximate surface area is 126 Å². The fourth-order valence-corrected chi connectivity index (χ4v) is 4.24. The first-order valence-corrected chi connectivity index (χ1v) is 7.02. The third-order valence-electron chi connectivity index (χ3n) is 2.64. The van der Waals surface area contributed by atoms with Gasteiger partial charge in [-0.05, 0) is 56.7 Å². The molecule has 1 aromatic rings. The summed E-state index contributed by atoms with van der Waals surface area (Å²) in [6.07, 6.45) is 2.35. The molecule has 1 fully saturated rings. The minimum atomic E-state index is -0.00671. The van der Waals surface area contributed by atoms with Crippen molar-refractivity contribution in [3.05, 3.63) is 25.0 Å². The Hall–Kier alpha value is 0.710. The Kier molecular flexibility index (Phi) is 5.14. The van der Waals surface area contributed by atoms with Crippen LogP contribution in [0.4, 0.5) is 0 Å². The lowest BCUT2D eigenvalue weighted by atomic mass is 10.0. The van der Waals surface area contributed by atoms with Gasteiger partial charge in [0.05, 0.1) is 8.95 Å². The Morgan fingerprint density at radius 2 is 1.81 bits per heavy atom. The molecule has 6 heteroatoms. The minimum absolute atomic E-state index is 0. The first-order valence-electron chi connectivity index (χ1n) is 4.64. The molecule has 0 saturated heterocycles. The molecule has 3 N–H and O–H groups in total. The van der Waals surface area contributed by atoms with E-state index in [9.17, 15) is 5.11 Å². The van der Waals surface area contributed by atoms with Crippen LogP contribution >= 0.6 is 60.2 Å². The van der Waals surface area contributed by atoms with Crippen molar-refractivity contribution in [3.63, 3.8) is 0 Å². The number of aromatic hydroxyl groups is 1. The molecule has 0 heterocycles. The van der Waals surface area contributed by atoms with Crippen LogP contribution in [-0.4, -0.2) is 5.11 Å². The monoisotopic (exact) mass is 433 g/mol. The van der Waals surface area contributed by atoms with Crippen molar-refractivity contribution in [2.75, 3.05) is 0 Å². The second-order valence-corrected chi connectivity index (χ2v) is 6.28. The predicted molar refractivity (Wildman–Crippen MR) is 78.1 cm³/mol. The summed E-state index contributed by atoms with van der Waals surface area (Å²) >= 11 is 10.1. The molecule has 1 aromatic carbocycles. The van der Waals surface area contributed by atoms with Gasteiger partial charge in [-0.15, -0.1) is 12.4 Å². The highest BCUT2D eigenvalue weighted by atomic mass is 79.9. The first-order chi connectivity index (χ1) is 7.02. The Bertz CT molecular complexity index is 410. The molecule has 0 aromatic heterocycles. The van der Waals surface area contributed by atoms with Crippen LogP contribution in [0, 0.1) is 5.92 Å². The highest BCUT2D eigenvalue weighted by Gasteiger charge is 2.32. The summed E-state index contributed by atoms with van der Waals surface area (Å²) in [4.78, 5) is 0. The van der Waals surface area contributed by atoms with E-state index in [0.717, 1.165) is 10.0 Å². The molecule has 0 bridgehead atoms. The van der Waals surface area contributed by atoms with Gasteiger partial charge in [0.2, 0.25) is 0 Å². The van der Waals surface area contributed by atoms with Gasteiger partial charge in [-0.1, -0.05) is 15.9 Å². The molecule has 1 aliphatic rings. The average Bonchev–Trinajstić information content (AvgIpc) is 2.97. The van der Waals surface area contributed by atoms with Gasteiger partial charge < -0.3 is 10.8 Å². The first kappa shape index (κ1) is 14.8. The van der Waals surface area contributed by atoms with E-state index < -0.39 is 0 Å². The van der Waals surface area contributed by atoms with Crippen molar-refractivity contribution in [1.29, 1.82) is 0 Å². The fourth-order valence-electron chi connectivity index (χ4n) is 1.59. The molecule has 1 atom stereocenters. The van der Waals surface area contributed by atoms with Gasteiger partial charge in [-0.2, -0.15) is 0 Å². The molecule has 1 aliphatic carbocycles. The van der Waals surface area contributed by atoms with Crippen LogP contribution in [0.3, 0.4) is 0 Å². The van der Waals surface area contributed by atoms with E-state index >= 15 is 0 Å². The van der Waals surface area contributed by atoms with Gasteiger partial charge in [0.15, 0.2) is 0 Å². The van der Waals surface area contributed by atoms with Gasteiger partial charge in [-0.25, -0.2) is 0 Å². The maximum absolute atomic E-state index is 9.79. The van der Waals surface area contributed by atoms with Crippen molar-refractivity contribution >= 4 is 60.2 Å². The van der Waals surface area contributed by atoms with Crippen molar-refractivity contribution < 1.29 is 5.11 Å². The Morgan fingerprint density at radius 1 is 1.25 bits per heavy atom. The number of benzene rings is 1.